The first-order valence-corrected chi connectivity index (χ1v) is 9.34. The van der Waals surface area contributed by atoms with Crippen molar-refractivity contribution < 1.29 is 28.2 Å². The smallest absolute Gasteiger partial charge is 0.338 e. The lowest BCUT2D eigenvalue weighted by atomic mass is 10.1. The number of hydrogen-bond donors (Lipinski definition) is 0. The summed E-state index contributed by atoms with van der Waals surface area (Å²) in [5.41, 5.74) is 1.91. The number of aromatic nitrogens is 2. The largest absolute Gasteiger partial charge is 0.454 e. The number of benzene rings is 2. The topological polar surface area (TPSA) is 104 Å². The fourth-order valence-corrected chi connectivity index (χ4v) is 2.99. The first-order valence-electron chi connectivity index (χ1n) is 9.34. The van der Waals surface area contributed by atoms with Gasteiger partial charge in [-0.3, -0.25) is 4.79 Å². The van der Waals surface area contributed by atoms with Gasteiger partial charge in [-0.05, 0) is 48.9 Å². The maximum Gasteiger partial charge on any atom is 0.338 e. The molecule has 0 atom stereocenters. The maximum absolute atomic E-state index is 12.5. The van der Waals surface area contributed by atoms with E-state index in [0.717, 1.165) is 5.56 Å². The third kappa shape index (κ3) is 4.24. The Bertz CT molecular complexity index is 1030. The Morgan fingerprint density at radius 1 is 1.10 bits per heavy atom. The molecule has 0 spiro atoms. The van der Waals surface area contributed by atoms with Crippen molar-refractivity contribution in [2.45, 2.75) is 13.5 Å². The van der Waals surface area contributed by atoms with Crippen molar-refractivity contribution in [2.75, 3.05) is 19.9 Å². The average molecular weight is 409 g/mol. The fraction of sp³-hybridized carbons (Fsp3) is 0.238. The summed E-state index contributed by atoms with van der Waals surface area (Å²) in [6, 6.07) is 12.0. The molecule has 0 aliphatic carbocycles. The van der Waals surface area contributed by atoms with E-state index in [1.165, 1.54) is 6.39 Å². The van der Waals surface area contributed by atoms with Crippen LogP contribution in [0.15, 0.2) is 53.3 Å². The molecule has 1 aliphatic heterocycles. The summed E-state index contributed by atoms with van der Waals surface area (Å²) in [5.74, 6) is 0.830. The van der Waals surface area contributed by atoms with Crippen LogP contribution in [0.3, 0.4) is 0 Å². The van der Waals surface area contributed by atoms with E-state index >= 15 is 0 Å². The predicted molar refractivity (Wildman–Crippen MR) is 104 cm³/mol. The Kier molecular flexibility index (Phi) is 5.60. The quantitative estimate of drug-likeness (QED) is 0.549. The zero-order valence-corrected chi connectivity index (χ0v) is 16.2. The molecular weight excluding hydrogens is 390 g/mol. The minimum Gasteiger partial charge on any atom is -0.454 e. The van der Waals surface area contributed by atoms with Gasteiger partial charge in [0.05, 0.1) is 5.56 Å². The Balaban J connectivity index is 1.32. The van der Waals surface area contributed by atoms with Gasteiger partial charge in [-0.2, -0.15) is 0 Å². The molecule has 2 aromatic carbocycles. The van der Waals surface area contributed by atoms with E-state index in [9.17, 15) is 9.59 Å². The third-order valence-corrected chi connectivity index (χ3v) is 4.60. The van der Waals surface area contributed by atoms with Crippen LogP contribution in [-0.4, -0.2) is 46.9 Å². The Labute approximate surface area is 172 Å². The molecule has 1 amide bonds. The number of hydrogen-bond acceptors (Lipinski definition) is 8. The van der Waals surface area contributed by atoms with Crippen molar-refractivity contribution in [1.29, 1.82) is 0 Å². The van der Waals surface area contributed by atoms with Gasteiger partial charge in [-0.25, -0.2) is 4.79 Å². The number of carbonyl (C=O) groups is 2. The number of nitrogens with zero attached hydrogens (tertiary/aromatic N) is 3. The SMILES string of the molecule is CCN(Cc1ccc2c(c1)OCO2)C(=O)COC(=O)c1ccc(-c2nnco2)cc1. The van der Waals surface area contributed by atoms with Crippen LogP contribution in [0, 0.1) is 0 Å². The monoisotopic (exact) mass is 409 g/mol. The molecule has 0 saturated heterocycles. The zero-order chi connectivity index (χ0) is 20.9. The van der Waals surface area contributed by atoms with Crippen molar-refractivity contribution in [3.05, 3.63) is 60.0 Å². The minimum atomic E-state index is -0.584. The van der Waals surface area contributed by atoms with E-state index in [2.05, 4.69) is 10.2 Å². The zero-order valence-electron chi connectivity index (χ0n) is 16.2. The molecule has 30 heavy (non-hydrogen) atoms. The van der Waals surface area contributed by atoms with Crippen LogP contribution in [0.2, 0.25) is 0 Å². The normalized spacial score (nSPS) is 11.9. The number of likely N-dealkylation sites (N-methyl/N-ethyl adjacent to an activating group) is 1. The van der Waals surface area contributed by atoms with Crippen molar-refractivity contribution in [3.63, 3.8) is 0 Å². The van der Waals surface area contributed by atoms with Gasteiger partial charge < -0.3 is 23.5 Å². The average Bonchev–Trinajstić information content (AvgIpc) is 3.47. The Hall–Kier alpha value is -3.88. The molecular formula is C21H19N3O6. The number of esters is 1. The van der Waals surface area contributed by atoms with Gasteiger partial charge in [0.1, 0.15) is 0 Å². The molecule has 3 aromatic rings. The van der Waals surface area contributed by atoms with Crippen molar-refractivity contribution >= 4 is 11.9 Å². The van der Waals surface area contributed by atoms with Gasteiger partial charge in [-0.1, -0.05) is 6.07 Å². The number of ether oxygens (including phenoxy) is 3. The lowest BCUT2D eigenvalue weighted by molar-refractivity contribution is -0.134. The molecule has 154 valence electrons. The summed E-state index contributed by atoms with van der Waals surface area (Å²) < 4.78 is 21.0. The molecule has 0 bridgehead atoms. The number of rotatable bonds is 7. The van der Waals surface area contributed by atoms with Crippen LogP contribution in [-0.2, 0) is 16.1 Å². The van der Waals surface area contributed by atoms with Crippen molar-refractivity contribution in [2.24, 2.45) is 0 Å². The molecule has 0 fully saturated rings. The van der Waals surface area contributed by atoms with E-state index in [1.807, 2.05) is 25.1 Å². The minimum absolute atomic E-state index is 0.195. The summed E-state index contributed by atoms with van der Waals surface area (Å²) in [5, 5.41) is 7.42. The highest BCUT2D eigenvalue weighted by Crippen LogP contribution is 2.32. The van der Waals surface area contributed by atoms with Crippen molar-refractivity contribution in [1.82, 2.24) is 15.1 Å². The molecule has 1 aromatic heterocycles. The third-order valence-electron chi connectivity index (χ3n) is 4.60. The maximum atomic E-state index is 12.5. The van der Waals surface area contributed by atoms with E-state index in [-0.39, 0.29) is 19.3 Å². The predicted octanol–water partition coefficient (Wildman–Crippen LogP) is 2.67. The second-order valence-corrected chi connectivity index (χ2v) is 6.49. The molecule has 0 N–H and O–H groups in total. The van der Waals surface area contributed by atoms with Crippen LogP contribution in [0.1, 0.15) is 22.8 Å². The molecule has 0 unspecified atom stereocenters. The second-order valence-electron chi connectivity index (χ2n) is 6.49. The summed E-state index contributed by atoms with van der Waals surface area (Å²) in [7, 11) is 0. The van der Waals surface area contributed by atoms with Gasteiger partial charge in [0.2, 0.25) is 19.1 Å². The van der Waals surface area contributed by atoms with E-state index in [0.29, 0.717) is 41.6 Å². The van der Waals surface area contributed by atoms with Crippen LogP contribution >= 0.6 is 0 Å². The van der Waals surface area contributed by atoms with E-state index < -0.39 is 5.97 Å². The summed E-state index contributed by atoms with van der Waals surface area (Å²) in [4.78, 5) is 26.4. The number of amides is 1. The van der Waals surface area contributed by atoms with E-state index in [1.54, 1.807) is 29.2 Å². The van der Waals surface area contributed by atoms with E-state index in [4.69, 9.17) is 18.6 Å². The number of fused-ring (bicyclic) bond motifs is 1. The van der Waals surface area contributed by atoms with Crippen LogP contribution in [0.5, 0.6) is 11.5 Å². The van der Waals surface area contributed by atoms with Gasteiger partial charge in [-0.15, -0.1) is 10.2 Å². The first-order chi connectivity index (χ1) is 14.6. The van der Waals surface area contributed by atoms with Crippen LogP contribution in [0.4, 0.5) is 0 Å². The molecule has 9 nitrogen and oxygen atoms in total. The highest BCUT2D eigenvalue weighted by atomic mass is 16.7. The van der Waals surface area contributed by atoms with Crippen molar-refractivity contribution in [3.8, 4) is 23.0 Å². The molecule has 0 saturated carbocycles. The molecule has 2 heterocycles. The van der Waals surface area contributed by atoms with Crippen LogP contribution < -0.4 is 9.47 Å². The number of carbonyl (C=O) groups excluding carboxylic acids is 2. The summed E-state index contributed by atoms with van der Waals surface area (Å²) in [6.45, 7) is 2.57. The highest BCUT2D eigenvalue weighted by molar-refractivity contribution is 5.91. The standard InChI is InChI=1S/C21H19N3O6/c1-2-24(10-14-3-8-17-18(9-14)30-13-29-17)19(25)11-27-21(26)16-6-4-15(5-7-16)20-23-22-12-28-20/h3-9,12H,2,10-11,13H2,1H3. The lowest BCUT2D eigenvalue weighted by Crippen LogP contribution is -2.34. The van der Waals surface area contributed by atoms with Gasteiger partial charge >= 0.3 is 5.97 Å². The first kappa shape index (κ1) is 19.4. The van der Waals surface area contributed by atoms with Gasteiger partial charge in [0.25, 0.3) is 5.91 Å². The fourth-order valence-electron chi connectivity index (χ4n) is 2.99. The summed E-state index contributed by atoms with van der Waals surface area (Å²) >= 11 is 0. The molecule has 1 aliphatic rings. The Morgan fingerprint density at radius 2 is 1.90 bits per heavy atom. The van der Waals surface area contributed by atoms with Crippen LogP contribution in [0.25, 0.3) is 11.5 Å². The lowest BCUT2D eigenvalue weighted by Gasteiger charge is -2.21. The molecule has 9 heteroatoms. The Morgan fingerprint density at radius 3 is 2.63 bits per heavy atom. The summed E-state index contributed by atoms with van der Waals surface area (Å²) in [6.07, 6.45) is 1.23. The molecule has 0 radical (unpaired) electrons. The molecule has 4 rings (SSSR count). The highest BCUT2D eigenvalue weighted by Gasteiger charge is 2.18. The van der Waals surface area contributed by atoms with Gasteiger partial charge in [0, 0.05) is 18.7 Å². The van der Waals surface area contributed by atoms with Gasteiger partial charge in [0.15, 0.2) is 18.1 Å². The second kappa shape index (κ2) is 8.64.